The highest BCUT2D eigenvalue weighted by Crippen LogP contribution is 2.34. The minimum atomic E-state index is 0.655. The van der Waals surface area contributed by atoms with Crippen molar-refractivity contribution < 1.29 is 14.2 Å². The number of benzene rings is 3. The van der Waals surface area contributed by atoms with Crippen molar-refractivity contribution in [3.05, 3.63) is 72.8 Å². The molecule has 0 spiro atoms. The smallest absolute Gasteiger partial charge is 0.119 e. The Bertz CT molecular complexity index is 1190. The third-order valence-corrected chi connectivity index (χ3v) is 6.14. The summed E-state index contributed by atoms with van der Waals surface area (Å²) in [6.45, 7) is 10.7. The summed E-state index contributed by atoms with van der Waals surface area (Å²) >= 11 is 0. The van der Waals surface area contributed by atoms with Crippen LogP contribution in [-0.2, 0) is 0 Å². The third kappa shape index (κ3) is 5.20. The zero-order valence-corrected chi connectivity index (χ0v) is 20.6. The van der Waals surface area contributed by atoms with E-state index in [2.05, 4.69) is 77.9 Å². The van der Waals surface area contributed by atoms with Crippen LogP contribution >= 0.6 is 0 Å². The molecule has 0 unspecified atom stereocenters. The van der Waals surface area contributed by atoms with Crippen molar-refractivity contribution in [1.82, 2.24) is 9.47 Å². The first-order valence-electron chi connectivity index (χ1n) is 12.0. The molecule has 0 amide bonds. The van der Waals surface area contributed by atoms with Gasteiger partial charge in [0.2, 0.25) is 0 Å². The van der Waals surface area contributed by atoms with E-state index in [9.17, 15) is 0 Å². The Morgan fingerprint density at radius 3 is 2.03 bits per heavy atom. The van der Waals surface area contributed by atoms with Gasteiger partial charge in [0, 0.05) is 17.6 Å². The van der Waals surface area contributed by atoms with Crippen molar-refractivity contribution in [3.8, 4) is 34.2 Å². The first-order valence-corrected chi connectivity index (χ1v) is 12.0. The van der Waals surface area contributed by atoms with E-state index in [1.807, 2.05) is 25.1 Å². The number of hydrogen-bond donors (Lipinski definition) is 0. The van der Waals surface area contributed by atoms with Crippen LogP contribution in [0.5, 0.6) is 17.2 Å². The van der Waals surface area contributed by atoms with Crippen LogP contribution in [-0.4, -0.2) is 49.4 Å². The maximum absolute atomic E-state index is 6.00. The molecule has 0 saturated carbocycles. The molecule has 0 atom stereocenters. The van der Waals surface area contributed by atoms with Gasteiger partial charge in [-0.3, -0.25) is 0 Å². The molecule has 4 rings (SSSR count). The van der Waals surface area contributed by atoms with Crippen LogP contribution in [0.1, 0.15) is 20.8 Å². The Balaban J connectivity index is 1.67. The van der Waals surface area contributed by atoms with Gasteiger partial charge in [0.05, 0.1) is 24.9 Å². The summed E-state index contributed by atoms with van der Waals surface area (Å²) in [6.07, 6.45) is 0. The highest BCUT2D eigenvalue weighted by Gasteiger charge is 2.14. The van der Waals surface area contributed by atoms with Gasteiger partial charge in [-0.1, -0.05) is 13.8 Å². The fourth-order valence-corrected chi connectivity index (χ4v) is 4.22. The summed E-state index contributed by atoms with van der Waals surface area (Å²) in [6, 6.07) is 25.0. The monoisotopic (exact) mass is 458 g/mol. The minimum absolute atomic E-state index is 0.655. The molecule has 0 radical (unpaired) electrons. The average molecular weight is 459 g/mol. The van der Waals surface area contributed by atoms with E-state index in [1.54, 1.807) is 7.11 Å². The molecule has 0 fully saturated rings. The van der Waals surface area contributed by atoms with Crippen LogP contribution in [0.2, 0.25) is 0 Å². The number of fused-ring (bicyclic) bond motifs is 1. The topological polar surface area (TPSA) is 35.9 Å². The largest absolute Gasteiger partial charge is 0.497 e. The molecule has 3 aromatic carbocycles. The summed E-state index contributed by atoms with van der Waals surface area (Å²) < 4.78 is 19.4. The average Bonchev–Trinajstić information content (AvgIpc) is 3.26. The number of methoxy groups -OCH3 is 1. The molecule has 4 aromatic rings. The van der Waals surface area contributed by atoms with Gasteiger partial charge in [0.25, 0.3) is 0 Å². The highest BCUT2D eigenvalue weighted by atomic mass is 16.5. The summed E-state index contributed by atoms with van der Waals surface area (Å²) in [5, 5.41) is 1.13. The van der Waals surface area contributed by atoms with Crippen molar-refractivity contribution in [2.45, 2.75) is 20.8 Å². The Morgan fingerprint density at radius 2 is 1.38 bits per heavy atom. The summed E-state index contributed by atoms with van der Waals surface area (Å²) in [7, 11) is 1.70. The van der Waals surface area contributed by atoms with E-state index >= 15 is 0 Å². The Labute approximate surface area is 202 Å². The number of rotatable bonds is 11. The molecule has 0 aliphatic carbocycles. The number of ether oxygens (including phenoxy) is 3. The lowest BCUT2D eigenvalue weighted by Gasteiger charge is -2.18. The number of likely N-dealkylation sites (N-methyl/N-ethyl adjacent to an activating group) is 1. The molecule has 1 heterocycles. The minimum Gasteiger partial charge on any atom is -0.497 e. The maximum atomic E-state index is 6.00. The lowest BCUT2D eigenvalue weighted by Crippen LogP contribution is -2.27. The van der Waals surface area contributed by atoms with Gasteiger partial charge in [-0.15, -0.1) is 0 Å². The van der Waals surface area contributed by atoms with Crippen molar-refractivity contribution in [3.63, 3.8) is 0 Å². The molecule has 1 aromatic heterocycles. The molecule has 5 heteroatoms. The van der Waals surface area contributed by atoms with Gasteiger partial charge in [0.15, 0.2) is 0 Å². The second-order valence-corrected chi connectivity index (χ2v) is 8.12. The van der Waals surface area contributed by atoms with Crippen molar-refractivity contribution in [2.24, 2.45) is 0 Å². The fourth-order valence-electron chi connectivity index (χ4n) is 4.22. The van der Waals surface area contributed by atoms with Crippen LogP contribution in [0.25, 0.3) is 27.8 Å². The van der Waals surface area contributed by atoms with Crippen LogP contribution in [0.15, 0.2) is 72.8 Å². The van der Waals surface area contributed by atoms with E-state index in [0.29, 0.717) is 13.2 Å². The number of aromatic nitrogens is 1. The van der Waals surface area contributed by atoms with Crippen molar-refractivity contribution >= 4 is 10.9 Å². The van der Waals surface area contributed by atoms with Crippen LogP contribution in [0, 0.1) is 0 Å². The fraction of sp³-hybridized carbons (Fsp3) is 0.310. The molecule has 178 valence electrons. The molecule has 0 aliphatic heterocycles. The third-order valence-electron chi connectivity index (χ3n) is 6.14. The van der Waals surface area contributed by atoms with E-state index in [0.717, 1.165) is 64.7 Å². The Morgan fingerprint density at radius 1 is 0.735 bits per heavy atom. The summed E-state index contributed by atoms with van der Waals surface area (Å²) in [4.78, 5) is 2.36. The van der Waals surface area contributed by atoms with Crippen molar-refractivity contribution in [1.29, 1.82) is 0 Å². The summed E-state index contributed by atoms with van der Waals surface area (Å²) in [5.74, 6) is 2.61. The molecule has 0 bridgehead atoms. The molecule has 0 saturated heterocycles. The Hall–Kier alpha value is -3.44. The molecular weight excluding hydrogens is 424 g/mol. The van der Waals surface area contributed by atoms with Gasteiger partial charge < -0.3 is 23.7 Å². The van der Waals surface area contributed by atoms with E-state index in [1.165, 1.54) is 0 Å². The van der Waals surface area contributed by atoms with Gasteiger partial charge >= 0.3 is 0 Å². The second kappa shape index (κ2) is 11.1. The quantitative estimate of drug-likeness (QED) is 0.260. The standard InChI is InChI=1S/C29H34N2O3/c1-5-30(6-2)18-19-34-26-14-10-24(11-15-26)31-28-17-16-27(32-4)20-23(28)21-29(31)22-8-12-25(13-9-22)33-7-3/h8-17,20-21H,5-7,18-19H2,1-4H3. The molecule has 34 heavy (non-hydrogen) atoms. The van der Waals surface area contributed by atoms with E-state index in [4.69, 9.17) is 14.2 Å². The van der Waals surface area contributed by atoms with E-state index in [-0.39, 0.29) is 0 Å². The first-order chi connectivity index (χ1) is 16.7. The first kappa shape index (κ1) is 23.7. The zero-order valence-electron chi connectivity index (χ0n) is 20.6. The Kier molecular flexibility index (Phi) is 7.76. The van der Waals surface area contributed by atoms with Gasteiger partial charge in [-0.2, -0.15) is 0 Å². The molecule has 0 N–H and O–H groups in total. The lowest BCUT2D eigenvalue weighted by atomic mass is 10.1. The maximum Gasteiger partial charge on any atom is 0.119 e. The molecule has 5 nitrogen and oxygen atoms in total. The number of nitrogens with zero attached hydrogens (tertiary/aromatic N) is 2. The normalized spacial score (nSPS) is 11.2. The zero-order chi connectivity index (χ0) is 23.9. The lowest BCUT2D eigenvalue weighted by molar-refractivity contribution is 0.223. The summed E-state index contributed by atoms with van der Waals surface area (Å²) in [5.41, 5.74) is 4.44. The second-order valence-electron chi connectivity index (χ2n) is 8.12. The highest BCUT2D eigenvalue weighted by molar-refractivity contribution is 5.90. The molecule has 0 aliphatic rings. The van der Waals surface area contributed by atoms with Gasteiger partial charge in [0.1, 0.15) is 23.9 Å². The predicted molar refractivity (Wildman–Crippen MR) is 140 cm³/mol. The van der Waals surface area contributed by atoms with Crippen LogP contribution in [0.4, 0.5) is 0 Å². The predicted octanol–water partition coefficient (Wildman–Crippen LogP) is 6.43. The van der Waals surface area contributed by atoms with Crippen LogP contribution < -0.4 is 14.2 Å². The van der Waals surface area contributed by atoms with Crippen LogP contribution in [0.3, 0.4) is 0 Å². The van der Waals surface area contributed by atoms with Gasteiger partial charge in [-0.25, -0.2) is 0 Å². The van der Waals surface area contributed by atoms with Gasteiger partial charge in [-0.05, 0) is 98.4 Å². The number of hydrogen-bond acceptors (Lipinski definition) is 4. The molecular formula is C29H34N2O3. The van der Waals surface area contributed by atoms with E-state index < -0.39 is 0 Å². The SMILES string of the molecule is CCOc1ccc(-c2cc3cc(OC)ccc3n2-c2ccc(OCCN(CC)CC)cc2)cc1. The van der Waals surface area contributed by atoms with Crippen molar-refractivity contribution in [2.75, 3.05) is 40.0 Å².